The van der Waals surface area contributed by atoms with Gasteiger partial charge in [0.05, 0.1) is 15.5 Å². The molecule has 9 heteroatoms. The number of rotatable bonds is 10. The molecular formula is C25H24ClN3O4S. The number of sulfonamides is 1. The normalized spacial score (nSPS) is 11.4. The molecule has 7 nitrogen and oxygen atoms in total. The molecule has 0 aliphatic heterocycles. The van der Waals surface area contributed by atoms with E-state index in [0.717, 1.165) is 16.5 Å². The van der Waals surface area contributed by atoms with Gasteiger partial charge in [0.2, 0.25) is 10.0 Å². The second-order valence-electron chi connectivity index (χ2n) is 7.57. The maximum Gasteiger partial charge on any atom is 0.252 e. The Labute approximate surface area is 203 Å². The molecule has 3 aromatic carbocycles. The molecule has 1 amide bonds. The van der Waals surface area contributed by atoms with Crippen molar-refractivity contribution < 1.29 is 17.9 Å². The third-order valence-electron chi connectivity index (χ3n) is 5.25. The lowest BCUT2D eigenvalue weighted by Crippen LogP contribution is -2.29. The van der Waals surface area contributed by atoms with Gasteiger partial charge in [0.1, 0.15) is 12.4 Å². The number of H-pyrrole nitrogens is 1. The van der Waals surface area contributed by atoms with E-state index in [1.165, 1.54) is 18.2 Å². The van der Waals surface area contributed by atoms with Crippen LogP contribution < -0.4 is 14.8 Å². The number of aromatic amines is 1. The van der Waals surface area contributed by atoms with E-state index in [0.29, 0.717) is 18.7 Å². The Bertz CT molecular complexity index is 1390. The van der Waals surface area contributed by atoms with Gasteiger partial charge in [-0.3, -0.25) is 4.79 Å². The summed E-state index contributed by atoms with van der Waals surface area (Å²) < 4.78 is 33.3. The monoisotopic (exact) mass is 497 g/mol. The molecule has 0 fully saturated rings. The summed E-state index contributed by atoms with van der Waals surface area (Å²) in [4.78, 5) is 15.9. The first kappa shape index (κ1) is 23.8. The number of hydrogen-bond acceptors (Lipinski definition) is 4. The predicted octanol–water partition coefficient (Wildman–Crippen LogP) is 4.15. The van der Waals surface area contributed by atoms with Gasteiger partial charge in [-0.05, 0) is 48.4 Å². The molecule has 0 aliphatic rings. The van der Waals surface area contributed by atoms with Crippen molar-refractivity contribution in [2.45, 2.75) is 11.3 Å². The number of benzene rings is 3. The molecule has 0 aliphatic carbocycles. The summed E-state index contributed by atoms with van der Waals surface area (Å²) in [5, 5.41) is 4.10. The highest BCUT2D eigenvalue weighted by molar-refractivity contribution is 7.89. The van der Waals surface area contributed by atoms with Crippen LogP contribution in [0, 0.1) is 0 Å². The summed E-state index contributed by atoms with van der Waals surface area (Å²) in [5.41, 5.74) is 2.22. The molecule has 4 aromatic rings. The lowest BCUT2D eigenvalue weighted by molar-refractivity contribution is 0.0954. The van der Waals surface area contributed by atoms with Gasteiger partial charge in [0, 0.05) is 30.2 Å². The molecule has 0 spiro atoms. The number of halogens is 1. The smallest absolute Gasteiger partial charge is 0.252 e. The average Bonchev–Trinajstić information content (AvgIpc) is 3.26. The fraction of sp³-hybridized carbons (Fsp3) is 0.160. The van der Waals surface area contributed by atoms with Crippen molar-refractivity contribution >= 4 is 38.4 Å². The van der Waals surface area contributed by atoms with Crippen LogP contribution in [0.4, 0.5) is 0 Å². The fourth-order valence-corrected chi connectivity index (χ4v) is 4.78. The number of nitrogens with one attached hydrogen (secondary N) is 3. The van der Waals surface area contributed by atoms with E-state index in [1.807, 2.05) is 48.7 Å². The molecule has 0 saturated carbocycles. The zero-order chi connectivity index (χ0) is 24.0. The summed E-state index contributed by atoms with van der Waals surface area (Å²) in [5.74, 6) is 0.217. The largest absolute Gasteiger partial charge is 0.492 e. The number of hydrogen-bond donors (Lipinski definition) is 3. The van der Waals surface area contributed by atoms with E-state index in [2.05, 4.69) is 15.0 Å². The minimum Gasteiger partial charge on any atom is -0.492 e. The number of carbonyl (C=O) groups is 1. The van der Waals surface area contributed by atoms with Crippen LogP contribution in [0.25, 0.3) is 10.9 Å². The van der Waals surface area contributed by atoms with Crippen molar-refractivity contribution in [3.05, 3.63) is 95.1 Å². The van der Waals surface area contributed by atoms with Crippen molar-refractivity contribution in [1.82, 2.24) is 15.0 Å². The molecule has 34 heavy (non-hydrogen) atoms. The first-order valence-electron chi connectivity index (χ1n) is 10.7. The molecule has 0 radical (unpaired) electrons. The zero-order valence-corrected chi connectivity index (χ0v) is 19.8. The Morgan fingerprint density at radius 1 is 0.971 bits per heavy atom. The molecule has 3 N–H and O–H groups in total. The van der Waals surface area contributed by atoms with Crippen molar-refractivity contribution in [2.75, 3.05) is 19.7 Å². The molecule has 176 valence electrons. The highest BCUT2D eigenvalue weighted by atomic mass is 35.5. The van der Waals surface area contributed by atoms with E-state index < -0.39 is 15.9 Å². The van der Waals surface area contributed by atoms with E-state index in [4.69, 9.17) is 16.3 Å². The highest BCUT2D eigenvalue weighted by Crippen LogP contribution is 2.21. The van der Waals surface area contributed by atoms with Crippen molar-refractivity contribution in [3.8, 4) is 5.75 Å². The summed E-state index contributed by atoms with van der Waals surface area (Å²) in [7, 11) is -3.84. The third-order valence-corrected chi connectivity index (χ3v) is 7.04. The van der Waals surface area contributed by atoms with Gasteiger partial charge < -0.3 is 15.0 Å². The number of amides is 1. The van der Waals surface area contributed by atoms with Crippen LogP contribution in [0.1, 0.15) is 15.9 Å². The standard InChI is InChI=1S/C25H24ClN3O4S/c26-23-11-10-20(34(31,32)29-14-15-33-19-6-2-1-3-7-19)16-22(23)25(30)27-13-12-18-17-28-24-9-5-4-8-21(18)24/h1-11,16-17,28-29H,12-15H2,(H,27,30). The van der Waals surface area contributed by atoms with E-state index >= 15 is 0 Å². The molecule has 1 aromatic heterocycles. The maximum absolute atomic E-state index is 12.7. The van der Waals surface area contributed by atoms with Gasteiger partial charge in [-0.2, -0.15) is 0 Å². The van der Waals surface area contributed by atoms with Gasteiger partial charge in [0.15, 0.2) is 0 Å². The number of ether oxygens (including phenoxy) is 1. The van der Waals surface area contributed by atoms with Gasteiger partial charge in [0.25, 0.3) is 5.91 Å². The van der Waals surface area contributed by atoms with E-state index in [9.17, 15) is 13.2 Å². The minimum atomic E-state index is -3.84. The van der Waals surface area contributed by atoms with Crippen LogP contribution in [0.15, 0.2) is 83.9 Å². The number of carbonyl (C=O) groups excluding carboxylic acids is 1. The SMILES string of the molecule is O=C(NCCc1c[nH]c2ccccc12)c1cc(S(=O)(=O)NCCOc2ccccc2)ccc1Cl. The lowest BCUT2D eigenvalue weighted by Gasteiger charge is -2.11. The van der Waals surface area contributed by atoms with Crippen LogP contribution in [-0.2, 0) is 16.4 Å². The lowest BCUT2D eigenvalue weighted by atomic mass is 10.1. The summed E-state index contributed by atoms with van der Waals surface area (Å²) in [6.07, 6.45) is 2.54. The van der Waals surface area contributed by atoms with Gasteiger partial charge in [-0.1, -0.05) is 48.0 Å². The Morgan fingerprint density at radius 3 is 2.56 bits per heavy atom. The van der Waals surface area contributed by atoms with Gasteiger partial charge in [-0.15, -0.1) is 0 Å². The molecule has 1 heterocycles. The number of fused-ring (bicyclic) bond motifs is 1. The van der Waals surface area contributed by atoms with Crippen molar-refractivity contribution in [3.63, 3.8) is 0 Å². The minimum absolute atomic E-state index is 0.0432. The second-order valence-corrected chi connectivity index (χ2v) is 9.74. The van der Waals surface area contributed by atoms with Crippen molar-refractivity contribution in [1.29, 1.82) is 0 Å². The quantitative estimate of drug-likeness (QED) is 0.286. The molecule has 0 unspecified atom stereocenters. The molecular weight excluding hydrogens is 474 g/mol. The Hall–Kier alpha value is -3.33. The fourth-order valence-electron chi connectivity index (χ4n) is 3.53. The maximum atomic E-state index is 12.7. The average molecular weight is 498 g/mol. The number of aromatic nitrogens is 1. The van der Waals surface area contributed by atoms with Gasteiger partial charge >= 0.3 is 0 Å². The first-order valence-corrected chi connectivity index (χ1v) is 12.6. The van der Waals surface area contributed by atoms with Crippen LogP contribution in [-0.4, -0.2) is 39.0 Å². The third kappa shape index (κ3) is 5.77. The van der Waals surface area contributed by atoms with Crippen LogP contribution in [0.3, 0.4) is 0 Å². The zero-order valence-electron chi connectivity index (χ0n) is 18.3. The van der Waals surface area contributed by atoms with E-state index in [-0.39, 0.29) is 28.6 Å². The Morgan fingerprint density at radius 2 is 1.74 bits per heavy atom. The first-order chi connectivity index (χ1) is 16.4. The molecule has 0 saturated heterocycles. The van der Waals surface area contributed by atoms with E-state index in [1.54, 1.807) is 12.1 Å². The van der Waals surface area contributed by atoms with Gasteiger partial charge in [-0.25, -0.2) is 13.1 Å². The summed E-state index contributed by atoms with van der Waals surface area (Å²) in [6.45, 7) is 0.618. The summed E-state index contributed by atoms with van der Waals surface area (Å²) >= 11 is 6.19. The van der Waals surface area contributed by atoms with Crippen LogP contribution >= 0.6 is 11.6 Å². The Kier molecular flexibility index (Phi) is 7.52. The summed E-state index contributed by atoms with van der Waals surface area (Å²) in [6, 6.07) is 21.1. The Balaban J connectivity index is 1.35. The topological polar surface area (TPSA) is 100 Å². The number of para-hydroxylation sites is 2. The molecule has 0 atom stereocenters. The van der Waals surface area contributed by atoms with Crippen molar-refractivity contribution in [2.24, 2.45) is 0 Å². The highest BCUT2D eigenvalue weighted by Gasteiger charge is 2.18. The van der Waals surface area contributed by atoms with Crippen LogP contribution in [0.2, 0.25) is 5.02 Å². The molecule has 4 rings (SSSR count). The van der Waals surface area contributed by atoms with Crippen LogP contribution in [0.5, 0.6) is 5.75 Å². The molecule has 0 bridgehead atoms. The second kappa shape index (κ2) is 10.7. The predicted molar refractivity (Wildman–Crippen MR) is 133 cm³/mol.